The Balaban J connectivity index is 2.33. The number of aromatic nitrogens is 1. The van der Waals surface area contributed by atoms with E-state index in [1.807, 2.05) is 38.7 Å². The van der Waals surface area contributed by atoms with E-state index in [1.54, 1.807) is 4.90 Å². The van der Waals surface area contributed by atoms with Gasteiger partial charge in [0.1, 0.15) is 6.54 Å². The molecule has 0 fully saturated rings. The average molecular weight is 273 g/mol. The SMILES string of the molecule is CNCc1cccc2ccn(CC(=O)N(C)C(C)C)c12. The predicted molar refractivity (Wildman–Crippen MR) is 82.6 cm³/mol. The van der Waals surface area contributed by atoms with Crippen LogP contribution in [0.1, 0.15) is 19.4 Å². The Bertz CT molecular complexity index is 601. The van der Waals surface area contributed by atoms with Crippen LogP contribution in [0, 0.1) is 0 Å². The van der Waals surface area contributed by atoms with Crippen molar-refractivity contribution in [3.63, 3.8) is 0 Å². The highest BCUT2D eigenvalue weighted by molar-refractivity contribution is 5.85. The van der Waals surface area contributed by atoms with Crippen molar-refractivity contribution in [2.45, 2.75) is 33.0 Å². The van der Waals surface area contributed by atoms with Gasteiger partial charge in [-0.3, -0.25) is 4.79 Å². The lowest BCUT2D eigenvalue weighted by Crippen LogP contribution is -2.35. The minimum Gasteiger partial charge on any atom is -0.342 e. The molecule has 0 atom stereocenters. The number of fused-ring (bicyclic) bond motifs is 1. The molecule has 1 aromatic heterocycles. The van der Waals surface area contributed by atoms with Crippen molar-refractivity contribution in [1.29, 1.82) is 0 Å². The van der Waals surface area contributed by atoms with Crippen LogP contribution in [0.15, 0.2) is 30.5 Å². The number of hydrogen-bond acceptors (Lipinski definition) is 2. The zero-order valence-corrected chi connectivity index (χ0v) is 12.7. The zero-order chi connectivity index (χ0) is 14.7. The number of carbonyl (C=O) groups is 1. The number of rotatable bonds is 5. The van der Waals surface area contributed by atoms with E-state index in [0.717, 1.165) is 12.1 Å². The van der Waals surface area contributed by atoms with Crippen molar-refractivity contribution < 1.29 is 4.79 Å². The van der Waals surface area contributed by atoms with Crippen molar-refractivity contribution >= 4 is 16.8 Å². The highest BCUT2D eigenvalue weighted by atomic mass is 16.2. The summed E-state index contributed by atoms with van der Waals surface area (Å²) in [5.74, 6) is 0.136. The second kappa shape index (κ2) is 6.09. The third-order valence-corrected chi connectivity index (χ3v) is 3.71. The maximum absolute atomic E-state index is 12.3. The lowest BCUT2D eigenvalue weighted by atomic mass is 10.1. The van der Waals surface area contributed by atoms with Gasteiger partial charge in [0.2, 0.25) is 5.91 Å². The second-order valence-electron chi connectivity index (χ2n) is 5.43. The minimum absolute atomic E-state index is 0.136. The van der Waals surface area contributed by atoms with Crippen LogP contribution in [0.2, 0.25) is 0 Å². The summed E-state index contributed by atoms with van der Waals surface area (Å²) < 4.78 is 2.04. The van der Waals surface area contributed by atoms with Crippen LogP contribution >= 0.6 is 0 Å². The molecule has 108 valence electrons. The van der Waals surface area contributed by atoms with E-state index in [1.165, 1.54) is 10.9 Å². The van der Waals surface area contributed by atoms with Crippen LogP contribution < -0.4 is 5.32 Å². The van der Waals surface area contributed by atoms with E-state index >= 15 is 0 Å². The summed E-state index contributed by atoms with van der Waals surface area (Å²) in [6.07, 6.45) is 2.00. The molecule has 0 spiro atoms. The molecule has 0 saturated carbocycles. The van der Waals surface area contributed by atoms with Gasteiger partial charge in [0.05, 0.1) is 5.52 Å². The number of hydrogen-bond donors (Lipinski definition) is 1. The zero-order valence-electron chi connectivity index (χ0n) is 12.7. The number of nitrogens with zero attached hydrogens (tertiary/aromatic N) is 2. The Morgan fingerprint density at radius 1 is 1.35 bits per heavy atom. The monoisotopic (exact) mass is 273 g/mol. The molecule has 2 aromatic rings. The Morgan fingerprint density at radius 2 is 2.10 bits per heavy atom. The Morgan fingerprint density at radius 3 is 2.75 bits per heavy atom. The largest absolute Gasteiger partial charge is 0.342 e. The Labute approximate surface area is 120 Å². The van der Waals surface area contributed by atoms with Crippen molar-refractivity contribution in [1.82, 2.24) is 14.8 Å². The molecule has 1 heterocycles. The number of amides is 1. The lowest BCUT2D eigenvalue weighted by Gasteiger charge is -2.22. The Kier molecular flexibility index (Phi) is 4.45. The minimum atomic E-state index is 0.136. The first kappa shape index (κ1) is 14.6. The molecule has 0 radical (unpaired) electrons. The third kappa shape index (κ3) is 2.85. The predicted octanol–water partition coefficient (Wildman–Crippen LogP) is 2.23. The molecule has 0 unspecified atom stereocenters. The maximum Gasteiger partial charge on any atom is 0.242 e. The van der Waals surface area contributed by atoms with Gasteiger partial charge in [0.15, 0.2) is 0 Å². The average Bonchev–Trinajstić information content (AvgIpc) is 2.82. The van der Waals surface area contributed by atoms with Gasteiger partial charge >= 0.3 is 0 Å². The van der Waals surface area contributed by atoms with Gasteiger partial charge < -0.3 is 14.8 Å². The summed E-state index contributed by atoms with van der Waals surface area (Å²) in [7, 11) is 3.79. The van der Waals surface area contributed by atoms with Gasteiger partial charge in [-0.15, -0.1) is 0 Å². The van der Waals surface area contributed by atoms with Crippen molar-refractivity contribution in [2.24, 2.45) is 0 Å². The highest BCUT2D eigenvalue weighted by Crippen LogP contribution is 2.20. The first-order valence-corrected chi connectivity index (χ1v) is 7.01. The molecular formula is C16H23N3O. The molecule has 4 heteroatoms. The molecule has 0 aliphatic rings. The van der Waals surface area contributed by atoms with Crippen LogP contribution in [0.5, 0.6) is 0 Å². The molecule has 0 aliphatic carbocycles. The first-order chi connectivity index (χ1) is 9.54. The summed E-state index contributed by atoms with van der Waals surface area (Å²) >= 11 is 0. The van der Waals surface area contributed by atoms with Crippen LogP contribution in [-0.4, -0.2) is 35.5 Å². The topological polar surface area (TPSA) is 37.3 Å². The summed E-state index contributed by atoms with van der Waals surface area (Å²) in [6.45, 7) is 5.24. The number of benzene rings is 1. The van der Waals surface area contributed by atoms with Gasteiger partial charge in [-0.2, -0.15) is 0 Å². The fraction of sp³-hybridized carbons (Fsp3) is 0.438. The highest BCUT2D eigenvalue weighted by Gasteiger charge is 2.14. The van der Waals surface area contributed by atoms with Crippen molar-refractivity contribution in [3.8, 4) is 0 Å². The molecule has 0 bridgehead atoms. The summed E-state index contributed by atoms with van der Waals surface area (Å²) in [5, 5.41) is 4.36. The van der Waals surface area contributed by atoms with Crippen LogP contribution in [-0.2, 0) is 17.9 Å². The molecule has 1 aromatic carbocycles. The first-order valence-electron chi connectivity index (χ1n) is 7.01. The number of para-hydroxylation sites is 1. The molecule has 20 heavy (non-hydrogen) atoms. The van der Waals surface area contributed by atoms with Crippen molar-refractivity contribution in [2.75, 3.05) is 14.1 Å². The van der Waals surface area contributed by atoms with Crippen LogP contribution in [0.25, 0.3) is 10.9 Å². The van der Waals surface area contributed by atoms with E-state index < -0.39 is 0 Å². The molecule has 4 nitrogen and oxygen atoms in total. The molecule has 0 saturated heterocycles. The van der Waals surface area contributed by atoms with Gasteiger partial charge in [-0.25, -0.2) is 0 Å². The second-order valence-corrected chi connectivity index (χ2v) is 5.43. The summed E-state index contributed by atoms with van der Waals surface area (Å²) in [5.41, 5.74) is 2.36. The maximum atomic E-state index is 12.3. The lowest BCUT2D eigenvalue weighted by molar-refractivity contribution is -0.131. The molecule has 1 amide bonds. The standard InChI is InChI=1S/C16H23N3O/c1-12(2)18(4)15(20)11-19-9-8-13-6-5-7-14(10-17-3)16(13)19/h5-9,12,17H,10-11H2,1-4H3. The molecule has 0 aliphatic heterocycles. The van der Waals surface area contributed by atoms with Crippen LogP contribution in [0.3, 0.4) is 0 Å². The molecule has 2 rings (SSSR count). The fourth-order valence-corrected chi connectivity index (χ4v) is 2.35. The van der Waals surface area contributed by atoms with E-state index in [0.29, 0.717) is 6.54 Å². The normalized spacial score (nSPS) is 11.2. The van der Waals surface area contributed by atoms with Gasteiger partial charge in [-0.05, 0) is 37.9 Å². The number of nitrogens with one attached hydrogen (secondary N) is 1. The van der Waals surface area contributed by atoms with Gasteiger partial charge in [0.25, 0.3) is 0 Å². The smallest absolute Gasteiger partial charge is 0.242 e. The summed E-state index contributed by atoms with van der Waals surface area (Å²) in [6, 6.07) is 8.53. The fourth-order valence-electron chi connectivity index (χ4n) is 2.35. The van der Waals surface area contributed by atoms with Gasteiger partial charge in [-0.1, -0.05) is 18.2 Å². The number of carbonyl (C=O) groups excluding carboxylic acids is 1. The van der Waals surface area contributed by atoms with Crippen molar-refractivity contribution in [3.05, 3.63) is 36.0 Å². The molecule has 1 N–H and O–H groups in total. The van der Waals surface area contributed by atoms with Gasteiger partial charge in [0, 0.05) is 25.8 Å². The molecular weight excluding hydrogens is 250 g/mol. The van der Waals surface area contributed by atoms with E-state index in [2.05, 4.69) is 29.6 Å². The van der Waals surface area contributed by atoms with E-state index in [-0.39, 0.29) is 11.9 Å². The Hall–Kier alpha value is -1.81. The van der Waals surface area contributed by atoms with Crippen LogP contribution in [0.4, 0.5) is 0 Å². The van der Waals surface area contributed by atoms with E-state index in [4.69, 9.17) is 0 Å². The summed E-state index contributed by atoms with van der Waals surface area (Å²) in [4.78, 5) is 14.0. The third-order valence-electron chi connectivity index (χ3n) is 3.71. The van der Waals surface area contributed by atoms with E-state index in [9.17, 15) is 4.79 Å². The number of likely N-dealkylation sites (N-methyl/N-ethyl adjacent to an activating group) is 1. The quantitative estimate of drug-likeness (QED) is 0.907.